The van der Waals surface area contributed by atoms with Crippen molar-refractivity contribution in [2.75, 3.05) is 23.7 Å². The van der Waals surface area contributed by atoms with Gasteiger partial charge in [0.15, 0.2) is 9.84 Å². The summed E-state index contributed by atoms with van der Waals surface area (Å²) in [7, 11) is -2.89. The van der Waals surface area contributed by atoms with Crippen molar-refractivity contribution in [2.45, 2.75) is 12.2 Å². The minimum Gasteiger partial charge on any atom is -0.368 e. The van der Waals surface area contributed by atoms with Crippen LogP contribution in [0.25, 0.3) is 0 Å². The third-order valence-electron chi connectivity index (χ3n) is 2.79. The highest BCUT2D eigenvalue weighted by Gasteiger charge is 2.29. The second-order valence-electron chi connectivity index (χ2n) is 3.98. The minimum absolute atomic E-state index is 0.223. The largest absolute Gasteiger partial charge is 0.368 e. The van der Waals surface area contributed by atoms with E-state index in [0.29, 0.717) is 13.1 Å². The molecule has 88 valence electrons. The zero-order valence-corrected chi connectivity index (χ0v) is 11.3. The first kappa shape index (κ1) is 11.9. The second-order valence-corrected chi connectivity index (χ2v) is 7.44. The van der Waals surface area contributed by atoms with Gasteiger partial charge in [-0.15, -0.1) is 0 Å². The second kappa shape index (κ2) is 4.33. The van der Waals surface area contributed by atoms with Gasteiger partial charge in [0.25, 0.3) is 0 Å². The third-order valence-corrected chi connectivity index (χ3v) is 5.35. The van der Waals surface area contributed by atoms with Crippen LogP contribution in [0.1, 0.15) is 6.92 Å². The first-order valence-corrected chi connectivity index (χ1v) is 7.57. The number of hydrogen-bond donors (Lipinski definition) is 0. The fraction of sp³-hybridized carbons (Fsp3) is 0.500. The Hall–Kier alpha value is -0.620. The normalized spacial score (nSPS) is 24.4. The number of anilines is 1. The van der Waals surface area contributed by atoms with E-state index in [1.54, 1.807) is 19.3 Å². The van der Waals surface area contributed by atoms with E-state index in [9.17, 15) is 8.42 Å². The number of nitrogens with zero attached hydrogens (tertiary/aromatic N) is 2. The summed E-state index contributed by atoms with van der Waals surface area (Å²) in [5.74, 6) is 0.223. The molecule has 0 radical (unpaired) electrons. The molecule has 0 aromatic carbocycles. The van der Waals surface area contributed by atoms with Gasteiger partial charge in [0, 0.05) is 23.8 Å². The molecule has 1 aliphatic rings. The van der Waals surface area contributed by atoms with E-state index in [2.05, 4.69) is 25.8 Å². The summed E-state index contributed by atoms with van der Waals surface area (Å²) in [5.41, 5.74) is 0.969. The van der Waals surface area contributed by atoms with Gasteiger partial charge in [-0.1, -0.05) is 0 Å². The van der Waals surface area contributed by atoms with E-state index in [0.717, 1.165) is 10.2 Å². The van der Waals surface area contributed by atoms with Gasteiger partial charge in [0.1, 0.15) is 0 Å². The molecule has 1 aliphatic heterocycles. The minimum atomic E-state index is -2.89. The van der Waals surface area contributed by atoms with Crippen LogP contribution in [0.15, 0.2) is 22.9 Å². The highest BCUT2D eigenvalue weighted by Crippen LogP contribution is 2.22. The lowest BCUT2D eigenvalue weighted by Crippen LogP contribution is -2.45. The molecule has 0 N–H and O–H groups in total. The Morgan fingerprint density at radius 2 is 2.25 bits per heavy atom. The van der Waals surface area contributed by atoms with E-state index in [-0.39, 0.29) is 11.0 Å². The maximum absolute atomic E-state index is 11.6. The molecule has 1 atom stereocenters. The van der Waals surface area contributed by atoms with Crippen LogP contribution >= 0.6 is 15.9 Å². The maximum atomic E-state index is 11.6. The number of hydrogen-bond acceptors (Lipinski definition) is 4. The zero-order valence-electron chi connectivity index (χ0n) is 8.93. The quantitative estimate of drug-likeness (QED) is 0.788. The highest BCUT2D eigenvalue weighted by atomic mass is 79.9. The van der Waals surface area contributed by atoms with Crippen molar-refractivity contribution in [1.29, 1.82) is 0 Å². The summed E-state index contributed by atoms with van der Waals surface area (Å²) in [6.45, 7) is 2.85. The molecule has 6 heteroatoms. The Morgan fingerprint density at radius 1 is 1.50 bits per heavy atom. The summed E-state index contributed by atoms with van der Waals surface area (Å²) < 4.78 is 24.1. The predicted molar refractivity (Wildman–Crippen MR) is 67.4 cm³/mol. The zero-order chi connectivity index (χ0) is 11.8. The topological polar surface area (TPSA) is 50.3 Å². The molecule has 1 fully saturated rings. The van der Waals surface area contributed by atoms with Crippen molar-refractivity contribution in [2.24, 2.45) is 0 Å². The van der Waals surface area contributed by atoms with E-state index < -0.39 is 9.84 Å². The van der Waals surface area contributed by atoms with Crippen LogP contribution in [0.4, 0.5) is 5.69 Å². The van der Waals surface area contributed by atoms with Crippen molar-refractivity contribution < 1.29 is 8.42 Å². The fourth-order valence-corrected chi connectivity index (χ4v) is 3.40. The Kier molecular flexibility index (Phi) is 3.21. The van der Waals surface area contributed by atoms with Crippen molar-refractivity contribution in [3.8, 4) is 0 Å². The Balaban J connectivity index is 2.20. The van der Waals surface area contributed by atoms with Gasteiger partial charge in [0.05, 0.1) is 22.9 Å². The van der Waals surface area contributed by atoms with Crippen LogP contribution < -0.4 is 4.90 Å². The molecule has 1 saturated heterocycles. The molecular formula is C10H13BrN2O2S. The van der Waals surface area contributed by atoms with E-state index in [1.165, 1.54) is 0 Å². The number of pyridine rings is 1. The summed E-state index contributed by atoms with van der Waals surface area (Å²) in [5, 5.41) is -0.305. The molecule has 0 amide bonds. The summed E-state index contributed by atoms with van der Waals surface area (Å²) in [6, 6.07) is 1.96. The molecule has 2 rings (SSSR count). The molecule has 0 spiro atoms. The van der Waals surface area contributed by atoms with Gasteiger partial charge in [-0.2, -0.15) is 0 Å². The molecule has 0 aliphatic carbocycles. The number of halogens is 1. The third kappa shape index (κ3) is 2.38. The van der Waals surface area contributed by atoms with Crippen LogP contribution in [-0.4, -0.2) is 37.5 Å². The average Bonchev–Trinajstić information content (AvgIpc) is 2.22. The first-order chi connectivity index (χ1) is 7.49. The summed E-state index contributed by atoms with van der Waals surface area (Å²) in [6.07, 6.45) is 3.48. The summed E-state index contributed by atoms with van der Waals surface area (Å²) in [4.78, 5) is 6.14. The van der Waals surface area contributed by atoms with Crippen LogP contribution in [0.3, 0.4) is 0 Å². The Labute approximate surface area is 104 Å². The van der Waals surface area contributed by atoms with Crippen LogP contribution in [-0.2, 0) is 9.84 Å². The molecular weight excluding hydrogens is 292 g/mol. The number of aromatic nitrogens is 1. The lowest BCUT2D eigenvalue weighted by Gasteiger charge is -2.32. The maximum Gasteiger partial charge on any atom is 0.156 e. The van der Waals surface area contributed by atoms with Gasteiger partial charge in [-0.25, -0.2) is 8.42 Å². The lowest BCUT2D eigenvalue weighted by atomic mass is 10.3. The molecule has 1 aromatic heterocycles. The van der Waals surface area contributed by atoms with Crippen molar-refractivity contribution in [3.63, 3.8) is 0 Å². The summed E-state index contributed by atoms with van der Waals surface area (Å²) >= 11 is 3.36. The number of rotatable bonds is 1. The Bertz CT molecular complexity index is 489. The SMILES string of the molecule is CC1CN(c2cncc(Br)c2)CCS1(=O)=O. The molecule has 0 saturated carbocycles. The molecule has 1 unspecified atom stereocenters. The van der Waals surface area contributed by atoms with Crippen molar-refractivity contribution in [3.05, 3.63) is 22.9 Å². The average molecular weight is 305 g/mol. The van der Waals surface area contributed by atoms with E-state index >= 15 is 0 Å². The van der Waals surface area contributed by atoms with E-state index in [1.807, 2.05) is 6.07 Å². The standard InChI is InChI=1S/C10H13BrN2O2S/c1-8-7-13(2-3-16(8,14)15)10-4-9(11)5-12-6-10/h4-6,8H,2-3,7H2,1H3. The predicted octanol–water partition coefficient (Wildman–Crippen LogP) is 1.47. The smallest absolute Gasteiger partial charge is 0.156 e. The monoisotopic (exact) mass is 304 g/mol. The highest BCUT2D eigenvalue weighted by molar-refractivity contribution is 9.10. The first-order valence-electron chi connectivity index (χ1n) is 5.06. The lowest BCUT2D eigenvalue weighted by molar-refractivity contribution is 0.569. The molecule has 1 aromatic rings. The Morgan fingerprint density at radius 3 is 2.88 bits per heavy atom. The number of sulfone groups is 1. The molecule has 4 nitrogen and oxygen atoms in total. The molecule has 0 bridgehead atoms. The van der Waals surface area contributed by atoms with Gasteiger partial charge in [-0.05, 0) is 28.9 Å². The molecule has 16 heavy (non-hydrogen) atoms. The van der Waals surface area contributed by atoms with Crippen LogP contribution in [0.5, 0.6) is 0 Å². The van der Waals surface area contributed by atoms with E-state index in [4.69, 9.17) is 0 Å². The molecule has 2 heterocycles. The van der Waals surface area contributed by atoms with Gasteiger partial charge >= 0.3 is 0 Å². The van der Waals surface area contributed by atoms with Crippen LogP contribution in [0.2, 0.25) is 0 Å². The fourth-order valence-electron chi connectivity index (χ4n) is 1.76. The van der Waals surface area contributed by atoms with Gasteiger partial charge in [-0.3, -0.25) is 4.98 Å². The van der Waals surface area contributed by atoms with Gasteiger partial charge < -0.3 is 4.90 Å². The van der Waals surface area contributed by atoms with Crippen molar-refractivity contribution in [1.82, 2.24) is 4.98 Å². The van der Waals surface area contributed by atoms with Crippen molar-refractivity contribution >= 4 is 31.5 Å². The van der Waals surface area contributed by atoms with Gasteiger partial charge in [0.2, 0.25) is 0 Å². The van der Waals surface area contributed by atoms with Crippen LogP contribution in [0, 0.1) is 0 Å².